The number of hydrogen-bond acceptors (Lipinski definition) is 3. The Bertz CT molecular complexity index is 597. The van der Waals surface area contributed by atoms with E-state index < -0.39 is 0 Å². The number of pyridine rings is 1. The van der Waals surface area contributed by atoms with Crippen LogP contribution in [0.5, 0.6) is 5.75 Å². The minimum Gasteiger partial charge on any atom is -0.493 e. The van der Waals surface area contributed by atoms with E-state index in [9.17, 15) is 4.79 Å². The summed E-state index contributed by atoms with van der Waals surface area (Å²) in [5, 5.41) is 5.64. The summed E-state index contributed by atoms with van der Waals surface area (Å²) in [5.74, 6) is 1.35. The molecule has 0 bridgehead atoms. The first-order valence-corrected chi connectivity index (χ1v) is 7.76. The Morgan fingerprint density at radius 1 is 1.00 bits per heavy atom. The Hall–Kier alpha value is -2.56. The lowest BCUT2D eigenvalue weighted by atomic mass is 10.2. The lowest BCUT2D eigenvalue weighted by Crippen LogP contribution is -2.34. The molecule has 0 aliphatic heterocycles. The predicted octanol–water partition coefficient (Wildman–Crippen LogP) is 3.12. The van der Waals surface area contributed by atoms with Gasteiger partial charge in [-0.2, -0.15) is 0 Å². The van der Waals surface area contributed by atoms with Crippen molar-refractivity contribution in [2.45, 2.75) is 26.9 Å². The van der Waals surface area contributed by atoms with Gasteiger partial charge in [0.15, 0.2) is 0 Å². The number of benzene rings is 1. The highest BCUT2D eigenvalue weighted by Gasteiger charge is 2.02. The molecule has 2 rings (SSSR count). The van der Waals surface area contributed by atoms with Crippen molar-refractivity contribution in [3.05, 3.63) is 59.9 Å². The summed E-state index contributed by atoms with van der Waals surface area (Å²) < 4.78 is 5.63. The van der Waals surface area contributed by atoms with Crippen molar-refractivity contribution in [1.82, 2.24) is 15.6 Å². The molecule has 2 aromatic rings. The summed E-state index contributed by atoms with van der Waals surface area (Å²) in [4.78, 5) is 15.7. The molecular formula is C18H23N3O2. The van der Waals surface area contributed by atoms with Crippen molar-refractivity contribution >= 4 is 6.03 Å². The van der Waals surface area contributed by atoms with Crippen LogP contribution in [0, 0.1) is 5.92 Å². The van der Waals surface area contributed by atoms with Gasteiger partial charge in [0.1, 0.15) is 5.75 Å². The van der Waals surface area contributed by atoms with Crippen LogP contribution in [0.4, 0.5) is 4.79 Å². The van der Waals surface area contributed by atoms with Crippen LogP contribution < -0.4 is 15.4 Å². The predicted molar refractivity (Wildman–Crippen MR) is 90.1 cm³/mol. The van der Waals surface area contributed by atoms with Crippen LogP contribution in [-0.2, 0) is 13.1 Å². The van der Waals surface area contributed by atoms with Crippen molar-refractivity contribution in [3.8, 4) is 5.75 Å². The Labute approximate surface area is 137 Å². The molecule has 1 aromatic heterocycles. The fourth-order valence-corrected chi connectivity index (χ4v) is 1.89. The van der Waals surface area contributed by atoms with E-state index in [0.29, 0.717) is 25.6 Å². The Morgan fingerprint density at radius 2 is 1.57 bits per heavy atom. The molecule has 1 aromatic carbocycles. The van der Waals surface area contributed by atoms with E-state index in [1.165, 1.54) is 0 Å². The summed E-state index contributed by atoms with van der Waals surface area (Å²) in [6, 6.07) is 11.3. The minimum absolute atomic E-state index is 0.193. The van der Waals surface area contributed by atoms with E-state index in [2.05, 4.69) is 29.5 Å². The highest BCUT2D eigenvalue weighted by atomic mass is 16.5. The topological polar surface area (TPSA) is 63.2 Å². The summed E-state index contributed by atoms with van der Waals surface area (Å²) in [7, 11) is 0. The first kappa shape index (κ1) is 16.8. The van der Waals surface area contributed by atoms with Gasteiger partial charge in [-0.3, -0.25) is 4.98 Å². The molecule has 0 atom stereocenters. The summed E-state index contributed by atoms with van der Waals surface area (Å²) in [6.45, 7) is 5.89. The van der Waals surface area contributed by atoms with Crippen LogP contribution in [0.3, 0.4) is 0 Å². The van der Waals surface area contributed by atoms with Crippen molar-refractivity contribution in [2.24, 2.45) is 5.92 Å². The number of hydrogen-bond donors (Lipinski definition) is 2. The molecule has 0 saturated heterocycles. The van der Waals surface area contributed by atoms with Crippen LogP contribution in [0.15, 0.2) is 48.8 Å². The molecule has 2 amide bonds. The number of nitrogens with zero attached hydrogens (tertiary/aromatic N) is 1. The van der Waals surface area contributed by atoms with Gasteiger partial charge < -0.3 is 15.4 Å². The molecule has 2 N–H and O–H groups in total. The number of urea groups is 1. The lowest BCUT2D eigenvalue weighted by molar-refractivity contribution is 0.240. The summed E-state index contributed by atoms with van der Waals surface area (Å²) in [5.41, 5.74) is 2.04. The van der Waals surface area contributed by atoms with E-state index in [4.69, 9.17) is 4.74 Å². The number of rotatable bonds is 7. The van der Waals surface area contributed by atoms with E-state index in [-0.39, 0.29) is 6.03 Å². The number of carbonyl (C=O) groups is 1. The van der Waals surface area contributed by atoms with Gasteiger partial charge in [0.05, 0.1) is 6.61 Å². The third kappa shape index (κ3) is 6.38. The lowest BCUT2D eigenvalue weighted by Gasteiger charge is -2.10. The second-order valence-corrected chi connectivity index (χ2v) is 5.74. The van der Waals surface area contributed by atoms with Gasteiger partial charge in [0.25, 0.3) is 0 Å². The first-order chi connectivity index (χ1) is 11.1. The van der Waals surface area contributed by atoms with E-state index in [0.717, 1.165) is 16.9 Å². The fraction of sp³-hybridized carbons (Fsp3) is 0.333. The van der Waals surface area contributed by atoms with Crippen molar-refractivity contribution < 1.29 is 9.53 Å². The zero-order chi connectivity index (χ0) is 16.5. The van der Waals surface area contributed by atoms with Crippen molar-refractivity contribution in [1.29, 1.82) is 0 Å². The van der Waals surface area contributed by atoms with E-state index >= 15 is 0 Å². The number of nitrogens with one attached hydrogen (secondary N) is 2. The highest BCUT2D eigenvalue weighted by Crippen LogP contribution is 2.13. The molecule has 5 heteroatoms. The maximum Gasteiger partial charge on any atom is 0.315 e. The number of carbonyl (C=O) groups excluding carboxylic acids is 1. The zero-order valence-electron chi connectivity index (χ0n) is 13.6. The summed E-state index contributed by atoms with van der Waals surface area (Å²) >= 11 is 0. The second-order valence-electron chi connectivity index (χ2n) is 5.74. The minimum atomic E-state index is -0.193. The second kappa shape index (κ2) is 8.78. The monoisotopic (exact) mass is 313 g/mol. The molecule has 23 heavy (non-hydrogen) atoms. The quantitative estimate of drug-likeness (QED) is 0.825. The first-order valence-electron chi connectivity index (χ1n) is 7.76. The number of amides is 2. The van der Waals surface area contributed by atoms with Crippen LogP contribution in [0.25, 0.3) is 0 Å². The Kier molecular flexibility index (Phi) is 6.41. The highest BCUT2D eigenvalue weighted by molar-refractivity contribution is 5.73. The molecule has 1 heterocycles. The number of ether oxygens (including phenoxy) is 1. The van der Waals surface area contributed by atoms with Crippen molar-refractivity contribution in [3.63, 3.8) is 0 Å². The van der Waals surface area contributed by atoms with Gasteiger partial charge in [0.2, 0.25) is 0 Å². The summed E-state index contributed by atoms with van der Waals surface area (Å²) in [6.07, 6.45) is 3.41. The van der Waals surface area contributed by atoms with E-state index in [1.54, 1.807) is 12.4 Å². The molecule has 0 spiro atoms. The fourth-order valence-electron chi connectivity index (χ4n) is 1.89. The van der Waals surface area contributed by atoms with Crippen molar-refractivity contribution in [2.75, 3.05) is 6.61 Å². The van der Waals surface area contributed by atoms with Gasteiger partial charge in [-0.25, -0.2) is 4.79 Å². The zero-order valence-corrected chi connectivity index (χ0v) is 13.6. The van der Waals surface area contributed by atoms with Gasteiger partial charge in [-0.05, 0) is 41.3 Å². The molecule has 122 valence electrons. The van der Waals surface area contributed by atoms with Gasteiger partial charge in [-0.15, -0.1) is 0 Å². The molecule has 0 fully saturated rings. The molecule has 0 aliphatic carbocycles. The maximum absolute atomic E-state index is 11.8. The molecular weight excluding hydrogens is 290 g/mol. The standard InChI is InChI=1S/C18H23N3O2/c1-14(2)13-23-17-5-3-15(4-6-17)11-20-18(22)21-12-16-7-9-19-10-8-16/h3-10,14H,11-13H2,1-2H3,(H2,20,21,22). The van der Waals surface area contributed by atoms with Crippen LogP contribution in [0.2, 0.25) is 0 Å². The largest absolute Gasteiger partial charge is 0.493 e. The van der Waals surface area contributed by atoms with Gasteiger partial charge in [-0.1, -0.05) is 26.0 Å². The number of aromatic nitrogens is 1. The average molecular weight is 313 g/mol. The van der Waals surface area contributed by atoms with Crippen LogP contribution in [0.1, 0.15) is 25.0 Å². The molecule has 0 saturated carbocycles. The average Bonchev–Trinajstić information content (AvgIpc) is 2.58. The van der Waals surface area contributed by atoms with Crippen LogP contribution in [-0.4, -0.2) is 17.6 Å². The normalized spacial score (nSPS) is 10.4. The van der Waals surface area contributed by atoms with Gasteiger partial charge >= 0.3 is 6.03 Å². The molecule has 0 unspecified atom stereocenters. The smallest absolute Gasteiger partial charge is 0.315 e. The van der Waals surface area contributed by atoms with Gasteiger partial charge in [0, 0.05) is 25.5 Å². The van der Waals surface area contributed by atoms with Crippen LogP contribution >= 0.6 is 0 Å². The third-order valence-corrected chi connectivity index (χ3v) is 3.16. The Morgan fingerprint density at radius 3 is 2.13 bits per heavy atom. The van der Waals surface area contributed by atoms with E-state index in [1.807, 2.05) is 36.4 Å². The molecule has 0 radical (unpaired) electrons. The third-order valence-electron chi connectivity index (χ3n) is 3.16. The SMILES string of the molecule is CC(C)COc1ccc(CNC(=O)NCc2ccncc2)cc1. The maximum atomic E-state index is 11.8. The molecule has 0 aliphatic rings. The Balaban J connectivity index is 1.71. The molecule has 5 nitrogen and oxygen atoms in total.